The molecule has 0 saturated carbocycles. The molecule has 3 heterocycles. The second kappa shape index (κ2) is 9.22. The van der Waals surface area contributed by atoms with Crippen LogP contribution >= 0.6 is 11.6 Å². The van der Waals surface area contributed by atoms with Gasteiger partial charge < -0.3 is 15.8 Å². The van der Waals surface area contributed by atoms with Crippen molar-refractivity contribution < 1.29 is 27.1 Å². The van der Waals surface area contributed by atoms with Crippen LogP contribution in [0, 0.1) is 12.7 Å². The summed E-state index contributed by atoms with van der Waals surface area (Å²) < 4.78 is 62.1. The van der Waals surface area contributed by atoms with E-state index in [4.69, 9.17) is 22.1 Å². The maximum absolute atomic E-state index is 14.6. The molecule has 0 saturated heterocycles. The number of anilines is 2. The highest BCUT2D eigenvalue weighted by molar-refractivity contribution is 6.34. The number of hydrogen-bond donors (Lipinski definition) is 2. The fourth-order valence-corrected chi connectivity index (χ4v) is 3.30. The molecule has 1 amide bonds. The van der Waals surface area contributed by atoms with Gasteiger partial charge in [0.05, 0.1) is 11.8 Å². The van der Waals surface area contributed by atoms with Gasteiger partial charge >= 0.3 is 6.18 Å². The Kier molecular flexibility index (Phi) is 6.31. The Morgan fingerprint density at radius 1 is 1.14 bits per heavy atom. The number of aromatic nitrogens is 4. The van der Waals surface area contributed by atoms with Gasteiger partial charge in [-0.05, 0) is 30.7 Å². The van der Waals surface area contributed by atoms with Crippen LogP contribution in [-0.4, -0.2) is 25.7 Å². The van der Waals surface area contributed by atoms with Crippen molar-refractivity contribution >= 4 is 29.0 Å². The first-order chi connectivity index (χ1) is 16.6. The third kappa shape index (κ3) is 4.87. The number of pyridine rings is 2. The van der Waals surface area contributed by atoms with E-state index in [-0.39, 0.29) is 33.8 Å². The standard InChI is InChI=1S/C22H15ClF4N6O2/c1-11-3-2-7-30-20(11)33-18(22(25,26)27)13(10-31-33)21(34)32-12-4-5-15(14(24)9-12)35-16-6-8-29-19(28)17(16)23/h2-10H,1H3,(H2,28,29)(H,32,34). The summed E-state index contributed by atoms with van der Waals surface area (Å²) >= 11 is 5.97. The number of nitrogens with zero attached hydrogens (tertiary/aromatic N) is 4. The van der Waals surface area contributed by atoms with Gasteiger partial charge in [0.15, 0.2) is 28.8 Å². The summed E-state index contributed by atoms with van der Waals surface area (Å²) in [5.41, 5.74) is 3.80. The molecule has 180 valence electrons. The number of nitrogens with two attached hydrogens (primary N) is 1. The number of nitrogens with one attached hydrogen (secondary N) is 1. The number of carbonyl (C=O) groups is 1. The number of nitrogen functional groups attached to an aromatic ring is 1. The van der Waals surface area contributed by atoms with E-state index in [1.54, 1.807) is 19.1 Å². The van der Waals surface area contributed by atoms with E-state index in [9.17, 15) is 22.4 Å². The minimum Gasteiger partial charge on any atom is -0.453 e. The molecule has 8 nitrogen and oxygen atoms in total. The van der Waals surface area contributed by atoms with E-state index in [1.807, 2.05) is 0 Å². The molecule has 0 aliphatic rings. The highest BCUT2D eigenvalue weighted by atomic mass is 35.5. The average Bonchev–Trinajstić information content (AvgIpc) is 3.25. The van der Waals surface area contributed by atoms with Crippen LogP contribution in [-0.2, 0) is 6.18 Å². The third-order valence-electron chi connectivity index (χ3n) is 4.76. The van der Waals surface area contributed by atoms with E-state index in [0.29, 0.717) is 10.2 Å². The Bertz CT molecular complexity index is 1420. The van der Waals surface area contributed by atoms with Crippen LogP contribution in [0.1, 0.15) is 21.6 Å². The molecule has 0 fully saturated rings. The fraction of sp³-hybridized carbons (Fsp3) is 0.0909. The average molecular weight is 507 g/mol. The fourth-order valence-electron chi connectivity index (χ4n) is 3.15. The number of ether oxygens (including phenoxy) is 1. The predicted molar refractivity (Wildman–Crippen MR) is 119 cm³/mol. The summed E-state index contributed by atoms with van der Waals surface area (Å²) in [5, 5.41) is 5.94. The first-order valence-electron chi connectivity index (χ1n) is 9.82. The van der Waals surface area contributed by atoms with Gasteiger partial charge in [0.25, 0.3) is 5.91 Å². The normalized spacial score (nSPS) is 11.4. The summed E-state index contributed by atoms with van der Waals surface area (Å²) in [6, 6.07) is 7.78. The molecule has 0 spiro atoms. The number of halogens is 5. The molecule has 0 aliphatic carbocycles. The van der Waals surface area contributed by atoms with Gasteiger partial charge in [-0.1, -0.05) is 17.7 Å². The Labute approximate surface area is 200 Å². The predicted octanol–water partition coefficient (Wildman–Crippen LogP) is 5.41. The lowest BCUT2D eigenvalue weighted by atomic mass is 10.2. The summed E-state index contributed by atoms with van der Waals surface area (Å²) in [4.78, 5) is 20.4. The molecular formula is C22H15ClF4N6O2. The lowest BCUT2D eigenvalue weighted by Gasteiger charge is -2.14. The van der Waals surface area contributed by atoms with Crippen molar-refractivity contribution in [3.63, 3.8) is 0 Å². The molecular weight excluding hydrogens is 492 g/mol. The van der Waals surface area contributed by atoms with Crippen molar-refractivity contribution in [2.75, 3.05) is 11.1 Å². The second-order valence-corrected chi connectivity index (χ2v) is 7.55. The molecule has 35 heavy (non-hydrogen) atoms. The summed E-state index contributed by atoms with van der Waals surface area (Å²) in [6.45, 7) is 1.56. The number of carbonyl (C=O) groups excluding carboxylic acids is 1. The Morgan fingerprint density at radius 3 is 2.60 bits per heavy atom. The number of benzene rings is 1. The highest BCUT2D eigenvalue weighted by Crippen LogP contribution is 2.36. The molecule has 3 aromatic heterocycles. The zero-order valence-electron chi connectivity index (χ0n) is 17.8. The molecule has 13 heteroatoms. The van der Waals surface area contributed by atoms with E-state index in [2.05, 4.69) is 20.4 Å². The van der Waals surface area contributed by atoms with Crippen molar-refractivity contribution in [3.05, 3.63) is 82.6 Å². The van der Waals surface area contributed by atoms with Crippen molar-refractivity contribution in [1.29, 1.82) is 0 Å². The van der Waals surface area contributed by atoms with E-state index in [1.165, 1.54) is 30.6 Å². The van der Waals surface area contributed by atoms with Crippen LogP contribution in [0.4, 0.5) is 29.1 Å². The lowest BCUT2D eigenvalue weighted by Crippen LogP contribution is -2.21. The van der Waals surface area contributed by atoms with Crippen molar-refractivity contribution in [1.82, 2.24) is 19.7 Å². The molecule has 1 aromatic carbocycles. The number of amides is 1. The quantitative estimate of drug-likeness (QED) is 0.350. The highest BCUT2D eigenvalue weighted by Gasteiger charge is 2.41. The number of aryl methyl sites for hydroxylation is 1. The topological polar surface area (TPSA) is 108 Å². The van der Waals surface area contributed by atoms with Gasteiger partial charge in [-0.3, -0.25) is 4.79 Å². The van der Waals surface area contributed by atoms with Gasteiger partial charge in [0, 0.05) is 30.2 Å². The minimum absolute atomic E-state index is 0.0182. The van der Waals surface area contributed by atoms with Crippen LogP contribution in [0.25, 0.3) is 5.82 Å². The summed E-state index contributed by atoms with van der Waals surface area (Å²) in [7, 11) is 0. The first kappa shape index (κ1) is 24.0. The van der Waals surface area contributed by atoms with E-state index < -0.39 is 29.2 Å². The SMILES string of the molecule is Cc1cccnc1-n1ncc(C(=O)Nc2ccc(Oc3ccnc(N)c3Cl)c(F)c2)c1C(F)(F)F. The van der Waals surface area contributed by atoms with Crippen LogP contribution in [0.3, 0.4) is 0 Å². The molecule has 0 bridgehead atoms. The number of rotatable bonds is 5. The van der Waals surface area contributed by atoms with Crippen LogP contribution in [0.2, 0.25) is 5.02 Å². The zero-order chi connectivity index (χ0) is 25.3. The Balaban J connectivity index is 1.61. The summed E-state index contributed by atoms with van der Waals surface area (Å²) in [6.07, 6.45) is -1.53. The maximum Gasteiger partial charge on any atom is 0.434 e. The van der Waals surface area contributed by atoms with E-state index >= 15 is 0 Å². The molecule has 0 atom stereocenters. The van der Waals surface area contributed by atoms with Crippen LogP contribution in [0.15, 0.2) is 55.0 Å². The van der Waals surface area contributed by atoms with Gasteiger partial charge in [-0.25, -0.2) is 19.0 Å². The van der Waals surface area contributed by atoms with Crippen molar-refractivity contribution in [3.8, 4) is 17.3 Å². The number of alkyl halides is 3. The second-order valence-electron chi connectivity index (χ2n) is 7.17. The minimum atomic E-state index is -4.93. The van der Waals surface area contributed by atoms with Gasteiger partial charge in [-0.2, -0.15) is 18.3 Å². The molecule has 3 N–H and O–H groups in total. The Morgan fingerprint density at radius 2 is 1.91 bits per heavy atom. The number of hydrogen-bond acceptors (Lipinski definition) is 6. The van der Waals surface area contributed by atoms with Crippen LogP contribution in [0.5, 0.6) is 11.5 Å². The van der Waals surface area contributed by atoms with Gasteiger partial charge in [-0.15, -0.1) is 0 Å². The smallest absolute Gasteiger partial charge is 0.434 e. The summed E-state index contributed by atoms with van der Waals surface area (Å²) in [5.74, 6) is -2.37. The Hall–Kier alpha value is -4.19. The first-order valence-corrected chi connectivity index (χ1v) is 10.2. The lowest BCUT2D eigenvalue weighted by molar-refractivity contribution is -0.143. The van der Waals surface area contributed by atoms with E-state index in [0.717, 1.165) is 12.3 Å². The van der Waals surface area contributed by atoms with Crippen molar-refractivity contribution in [2.45, 2.75) is 13.1 Å². The van der Waals surface area contributed by atoms with Crippen LogP contribution < -0.4 is 15.8 Å². The van der Waals surface area contributed by atoms with Gasteiger partial charge in [0.1, 0.15) is 10.8 Å². The molecule has 4 rings (SSSR count). The largest absolute Gasteiger partial charge is 0.453 e. The molecule has 4 aromatic rings. The maximum atomic E-state index is 14.6. The molecule has 0 unspecified atom stereocenters. The van der Waals surface area contributed by atoms with Crippen molar-refractivity contribution in [2.24, 2.45) is 0 Å². The zero-order valence-corrected chi connectivity index (χ0v) is 18.5. The third-order valence-corrected chi connectivity index (χ3v) is 5.14. The molecule has 0 radical (unpaired) electrons. The monoisotopic (exact) mass is 506 g/mol. The molecule has 0 aliphatic heterocycles. The van der Waals surface area contributed by atoms with Gasteiger partial charge in [0.2, 0.25) is 0 Å².